The molecule has 0 saturated carbocycles. The highest BCUT2D eigenvalue weighted by Crippen LogP contribution is 2.29. The molecule has 1 saturated heterocycles. The van der Waals surface area contributed by atoms with Crippen molar-refractivity contribution in [1.29, 1.82) is 0 Å². The van der Waals surface area contributed by atoms with Gasteiger partial charge in [0.05, 0.1) is 0 Å². The molecule has 1 unspecified atom stereocenters. The van der Waals surface area contributed by atoms with Crippen molar-refractivity contribution in [2.75, 3.05) is 26.7 Å². The molecule has 5 heteroatoms. The quantitative estimate of drug-likeness (QED) is 0.753. The summed E-state index contributed by atoms with van der Waals surface area (Å²) in [6.07, 6.45) is 9.98. The van der Waals surface area contributed by atoms with Crippen LogP contribution in [0.4, 0.5) is 4.79 Å². The third kappa shape index (κ3) is 4.72. The van der Waals surface area contributed by atoms with Gasteiger partial charge < -0.3 is 19.5 Å². The zero-order valence-electron chi connectivity index (χ0n) is 18.8. The Morgan fingerprint density at radius 2 is 2.10 bits per heavy atom. The molecule has 0 radical (unpaired) electrons. The van der Waals surface area contributed by atoms with Crippen molar-refractivity contribution in [1.82, 2.24) is 14.8 Å². The fourth-order valence-corrected chi connectivity index (χ4v) is 4.67. The van der Waals surface area contributed by atoms with Crippen LogP contribution >= 0.6 is 0 Å². The van der Waals surface area contributed by atoms with Gasteiger partial charge in [-0.15, -0.1) is 0 Å². The van der Waals surface area contributed by atoms with Crippen molar-refractivity contribution in [3.05, 3.63) is 41.6 Å². The number of carbonyl (C=O) groups excluding carboxylic acids is 1. The fraction of sp³-hybridized carbons (Fsp3) is 0.560. The van der Waals surface area contributed by atoms with E-state index in [1.54, 1.807) is 4.90 Å². The SMILES string of the molecule is CN1CCCC1CCc1c[nH]c2ccc(C3=CCN(C(=O)OC(C)(C)C)CC3)cc12. The Kier molecular flexibility index (Phi) is 5.92. The zero-order chi connectivity index (χ0) is 21.3. The van der Waals surface area contributed by atoms with Crippen LogP contribution in [0, 0.1) is 0 Å². The van der Waals surface area contributed by atoms with Crippen LogP contribution in [0.25, 0.3) is 16.5 Å². The number of aromatic amines is 1. The van der Waals surface area contributed by atoms with Gasteiger partial charge in [0, 0.05) is 36.2 Å². The number of aromatic nitrogens is 1. The Labute approximate surface area is 180 Å². The summed E-state index contributed by atoms with van der Waals surface area (Å²) >= 11 is 0. The van der Waals surface area contributed by atoms with E-state index in [2.05, 4.69) is 47.4 Å². The lowest BCUT2D eigenvalue weighted by molar-refractivity contribution is 0.0270. The average molecular weight is 410 g/mol. The van der Waals surface area contributed by atoms with E-state index in [0.717, 1.165) is 18.9 Å². The van der Waals surface area contributed by atoms with Crippen LogP contribution in [0.5, 0.6) is 0 Å². The van der Waals surface area contributed by atoms with E-state index in [1.807, 2.05) is 20.8 Å². The Hall–Kier alpha value is -2.27. The maximum atomic E-state index is 12.3. The fourth-order valence-electron chi connectivity index (χ4n) is 4.67. The van der Waals surface area contributed by atoms with Crippen molar-refractivity contribution >= 4 is 22.6 Å². The minimum absolute atomic E-state index is 0.224. The number of ether oxygens (including phenoxy) is 1. The van der Waals surface area contributed by atoms with Crippen LogP contribution in [0.3, 0.4) is 0 Å². The number of aryl methyl sites for hydroxylation is 1. The molecule has 4 rings (SSSR count). The molecule has 0 spiro atoms. The lowest BCUT2D eigenvalue weighted by Crippen LogP contribution is -2.39. The average Bonchev–Trinajstić information content (AvgIpc) is 3.30. The number of fused-ring (bicyclic) bond motifs is 1. The summed E-state index contributed by atoms with van der Waals surface area (Å²) in [7, 11) is 2.25. The first-order valence-corrected chi connectivity index (χ1v) is 11.3. The van der Waals surface area contributed by atoms with Gasteiger partial charge in [0.25, 0.3) is 0 Å². The summed E-state index contributed by atoms with van der Waals surface area (Å²) in [5.74, 6) is 0. The van der Waals surface area contributed by atoms with E-state index in [-0.39, 0.29) is 6.09 Å². The molecule has 3 heterocycles. The second-order valence-corrected chi connectivity index (χ2v) is 9.80. The highest BCUT2D eigenvalue weighted by molar-refractivity contribution is 5.87. The van der Waals surface area contributed by atoms with E-state index in [4.69, 9.17) is 4.74 Å². The van der Waals surface area contributed by atoms with Crippen molar-refractivity contribution in [2.45, 2.75) is 64.5 Å². The van der Waals surface area contributed by atoms with E-state index in [1.165, 1.54) is 53.4 Å². The first kappa shape index (κ1) is 21.0. The van der Waals surface area contributed by atoms with Gasteiger partial charge >= 0.3 is 6.09 Å². The number of amides is 1. The first-order valence-electron chi connectivity index (χ1n) is 11.3. The number of nitrogens with zero attached hydrogens (tertiary/aromatic N) is 2. The van der Waals surface area contributed by atoms with Crippen LogP contribution in [0.15, 0.2) is 30.5 Å². The zero-order valence-corrected chi connectivity index (χ0v) is 18.8. The maximum absolute atomic E-state index is 12.3. The largest absolute Gasteiger partial charge is 0.444 e. The van der Waals surface area contributed by atoms with Crippen molar-refractivity contribution in [3.8, 4) is 0 Å². The van der Waals surface area contributed by atoms with Crippen molar-refractivity contribution in [3.63, 3.8) is 0 Å². The predicted octanol–water partition coefficient (Wildman–Crippen LogP) is 5.22. The van der Waals surface area contributed by atoms with Gasteiger partial charge in [-0.3, -0.25) is 0 Å². The van der Waals surface area contributed by atoms with Gasteiger partial charge in [0.2, 0.25) is 0 Å². The predicted molar refractivity (Wildman–Crippen MR) is 123 cm³/mol. The Morgan fingerprint density at radius 1 is 1.27 bits per heavy atom. The summed E-state index contributed by atoms with van der Waals surface area (Å²) in [5.41, 5.74) is 4.76. The molecule has 1 fully saturated rings. The van der Waals surface area contributed by atoms with E-state index in [9.17, 15) is 4.79 Å². The third-order valence-corrected chi connectivity index (χ3v) is 6.42. The van der Waals surface area contributed by atoms with Gasteiger partial charge in [-0.2, -0.15) is 0 Å². The Balaban J connectivity index is 1.45. The summed E-state index contributed by atoms with van der Waals surface area (Å²) in [6, 6.07) is 7.44. The molecule has 2 aromatic rings. The highest BCUT2D eigenvalue weighted by Gasteiger charge is 2.24. The molecule has 1 N–H and O–H groups in total. The van der Waals surface area contributed by atoms with Gasteiger partial charge in [-0.25, -0.2) is 4.79 Å². The lowest BCUT2D eigenvalue weighted by Gasteiger charge is -2.29. The Bertz CT molecular complexity index is 938. The normalized spacial score (nSPS) is 20.6. The molecule has 162 valence electrons. The molecule has 30 heavy (non-hydrogen) atoms. The summed E-state index contributed by atoms with van der Waals surface area (Å²) in [4.78, 5) is 20.0. The smallest absolute Gasteiger partial charge is 0.410 e. The van der Waals surface area contributed by atoms with Gasteiger partial charge in [-0.05, 0) is 95.3 Å². The number of rotatable bonds is 4. The summed E-state index contributed by atoms with van der Waals surface area (Å²) < 4.78 is 5.51. The maximum Gasteiger partial charge on any atom is 0.410 e. The van der Waals surface area contributed by atoms with Gasteiger partial charge in [0.1, 0.15) is 5.60 Å². The van der Waals surface area contributed by atoms with E-state index in [0.29, 0.717) is 13.1 Å². The number of H-pyrrole nitrogens is 1. The molecule has 2 aliphatic heterocycles. The lowest BCUT2D eigenvalue weighted by atomic mass is 9.96. The molecule has 1 amide bonds. The molecular weight excluding hydrogens is 374 g/mol. The molecule has 2 aliphatic rings. The minimum atomic E-state index is -0.454. The molecule has 0 aliphatic carbocycles. The summed E-state index contributed by atoms with van der Waals surface area (Å²) in [6.45, 7) is 8.26. The van der Waals surface area contributed by atoms with Crippen molar-refractivity contribution < 1.29 is 9.53 Å². The number of hydrogen-bond acceptors (Lipinski definition) is 3. The standard InChI is InChI=1S/C25H35N3O2/c1-25(2,3)30-24(29)28-14-11-18(12-15-28)19-8-10-23-22(16-19)20(17-26-23)7-9-21-6-5-13-27(21)4/h8,10-11,16-17,21,26H,5-7,9,12-15H2,1-4H3. The number of carbonyl (C=O) groups is 1. The number of nitrogens with one attached hydrogen (secondary N) is 1. The van der Waals surface area contributed by atoms with Crippen LogP contribution in [0.2, 0.25) is 0 Å². The summed E-state index contributed by atoms with van der Waals surface area (Å²) in [5, 5.41) is 1.34. The topological polar surface area (TPSA) is 48.6 Å². The van der Waals surface area contributed by atoms with Crippen LogP contribution < -0.4 is 0 Å². The molecule has 1 aromatic carbocycles. The molecular formula is C25H35N3O2. The van der Waals surface area contributed by atoms with Crippen LogP contribution in [0.1, 0.15) is 57.6 Å². The third-order valence-electron chi connectivity index (χ3n) is 6.42. The number of hydrogen-bond donors (Lipinski definition) is 1. The van der Waals surface area contributed by atoms with Gasteiger partial charge in [-0.1, -0.05) is 12.1 Å². The highest BCUT2D eigenvalue weighted by atomic mass is 16.6. The molecule has 1 aromatic heterocycles. The van der Waals surface area contributed by atoms with E-state index < -0.39 is 5.60 Å². The molecule has 0 bridgehead atoms. The van der Waals surface area contributed by atoms with Crippen molar-refractivity contribution in [2.24, 2.45) is 0 Å². The number of likely N-dealkylation sites (tertiary alicyclic amines) is 1. The first-order chi connectivity index (χ1) is 14.3. The molecule has 1 atom stereocenters. The number of benzene rings is 1. The minimum Gasteiger partial charge on any atom is -0.444 e. The Morgan fingerprint density at radius 3 is 2.77 bits per heavy atom. The van der Waals surface area contributed by atoms with Gasteiger partial charge in [0.15, 0.2) is 0 Å². The second-order valence-electron chi connectivity index (χ2n) is 9.80. The monoisotopic (exact) mass is 409 g/mol. The van der Waals surface area contributed by atoms with Crippen LogP contribution in [-0.4, -0.2) is 59.2 Å². The molecule has 5 nitrogen and oxygen atoms in total. The van der Waals surface area contributed by atoms with Crippen LogP contribution in [-0.2, 0) is 11.2 Å². The van der Waals surface area contributed by atoms with E-state index >= 15 is 0 Å². The second kappa shape index (κ2) is 8.46.